The third-order valence-electron chi connectivity index (χ3n) is 2.58. The fourth-order valence-corrected chi connectivity index (χ4v) is 2.25. The maximum absolute atomic E-state index is 10.8. The highest BCUT2D eigenvalue weighted by Crippen LogP contribution is 2.26. The smallest absolute Gasteiger partial charge is 0.303 e. The Morgan fingerprint density at radius 1 is 1.36 bits per heavy atom. The molecule has 0 saturated carbocycles. The molecule has 0 aliphatic heterocycles. The van der Waals surface area contributed by atoms with Gasteiger partial charge >= 0.3 is 5.97 Å². The number of carbonyl (C=O) groups is 1. The van der Waals surface area contributed by atoms with Crippen LogP contribution in [0.4, 0.5) is 0 Å². The molecule has 2 nitrogen and oxygen atoms in total. The first-order chi connectivity index (χ1) is 6.51. The molecule has 14 heavy (non-hydrogen) atoms. The van der Waals surface area contributed by atoms with E-state index in [-0.39, 0.29) is 11.0 Å². The normalized spacial score (nSPS) is 17.2. The molecule has 0 fully saturated rings. The van der Waals surface area contributed by atoms with E-state index >= 15 is 0 Å². The van der Waals surface area contributed by atoms with Crippen molar-refractivity contribution in [3.63, 3.8) is 0 Å². The number of esters is 1. The van der Waals surface area contributed by atoms with Crippen molar-refractivity contribution in [2.45, 2.75) is 52.0 Å². The summed E-state index contributed by atoms with van der Waals surface area (Å²) in [6.07, 6.45) is 3.32. The van der Waals surface area contributed by atoms with Crippen molar-refractivity contribution < 1.29 is 9.53 Å². The Morgan fingerprint density at radius 3 is 2.29 bits per heavy atom. The predicted octanol–water partition coefficient (Wildman–Crippen LogP) is 3.73. The summed E-state index contributed by atoms with van der Waals surface area (Å²) in [7, 11) is 0. The Morgan fingerprint density at radius 2 is 1.93 bits per heavy atom. The molecule has 3 atom stereocenters. The molecule has 0 saturated heterocycles. The van der Waals surface area contributed by atoms with Gasteiger partial charge in [0.2, 0.25) is 0 Å². The largest absolute Gasteiger partial charge is 0.451 e. The molecule has 0 radical (unpaired) electrons. The molecule has 3 unspecified atom stereocenters. The summed E-state index contributed by atoms with van der Waals surface area (Å²) in [4.78, 5) is 10.8. The average molecular weight is 265 g/mol. The lowest BCUT2D eigenvalue weighted by Crippen LogP contribution is -2.21. The van der Waals surface area contributed by atoms with Crippen molar-refractivity contribution in [2.75, 3.05) is 0 Å². The van der Waals surface area contributed by atoms with Crippen LogP contribution in [0.1, 0.15) is 47.0 Å². The van der Waals surface area contributed by atoms with E-state index < -0.39 is 0 Å². The van der Waals surface area contributed by atoms with Crippen LogP contribution in [0.25, 0.3) is 0 Å². The van der Waals surface area contributed by atoms with Crippen LogP contribution in [0.2, 0.25) is 0 Å². The second-order valence-electron chi connectivity index (χ2n) is 3.88. The molecule has 3 heteroatoms. The number of hydrogen-bond donors (Lipinski definition) is 0. The first-order valence-electron chi connectivity index (χ1n) is 5.32. The Kier molecular flexibility index (Phi) is 7.24. The topological polar surface area (TPSA) is 26.3 Å². The van der Waals surface area contributed by atoms with Crippen LogP contribution < -0.4 is 0 Å². The number of hydrogen-bond acceptors (Lipinski definition) is 2. The van der Waals surface area contributed by atoms with E-state index in [0.717, 1.165) is 12.8 Å². The molecule has 0 aliphatic rings. The van der Waals surface area contributed by atoms with Gasteiger partial charge in [-0.15, -0.1) is 0 Å². The molecular weight excluding hydrogens is 244 g/mol. The minimum absolute atomic E-state index is 0.126. The fraction of sp³-hybridized carbons (Fsp3) is 0.909. The van der Waals surface area contributed by atoms with Crippen molar-refractivity contribution >= 4 is 21.9 Å². The molecule has 0 aromatic rings. The number of ether oxygens (including phenoxy) is 1. The van der Waals surface area contributed by atoms with Gasteiger partial charge in [0.25, 0.3) is 0 Å². The summed E-state index contributed by atoms with van der Waals surface area (Å²) in [6.45, 7) is 8.00. The molecular formula is C11H21BrO2. The van der Waals surface area contributed by atoms with Crippen LogP contribution in [0.15, 0.2) is 0 Å². The Labute approximate surface area is 95.5 Å². The molecule has 0 aromatic carbocycles. The monoisotopic (exact) mass is 264 g/mol. The van der Waals surface area contributed by atoms with Crippen LogP contribution >= 0.6 is 15.9 Å². The van der Waals surface area contributed by atoms with Crippen molar-refractivity contribution in [3.8, 4) is 0 Å². The third kappa shape index (κ3) is 5.63. The maximum Gasteiger partial charge on any atom is 0.303 e. The molecule has 0 heterocycles. The molecule has 0 bridgehead atoms. The summed E-state index contributed by atoms with van der Waals surface area (Å²) in [5, 5.41) is -0.126. The maximum atomic E-state index is 10.8. The van der Waals surface area contributed by atoms with Crippen molar-refractivity contribution in [2.24, 2.45) is 11.8 Å². The highest BCUT2D eigenvalue weighted by Gasteiger charge is 2.21. The minimum atomic E-state index is -0.213. The van der Waals surface area contributed by atoms with Crippen LogP contribution in [0.5, 0.6) is 0 Å². The van der Waals surface area contributed by atoms with E-state index in [4.69, 9.17) is 4.74 Å². The van der Waals surface area contributed by atoms with Gasteiger partial charge in [-0.3, -0.25) is 4.79 Å². The average Bonchev–Trinajstić information content (AvgIpc) is 2.12. The fourth-order valence-electron chi connectivity index (χ4n) is 1.40. The van der Waals surface area contributed by atoms with E-state index in [0.29, 0.717) is 11.8 Å². The SMILES string of the molecule is CCC(C)CC(CC)C(Br)OC(C)=O. The highest BCUT2D eigenvalue weighted by molar-refractivity contribution is 9.09. The van der Waals surface area contributed by atoms with Gasteiger partial charge in [-0.25, -0.2) is 0 Å². The van der Waals surface area contributed by atoms with Gasteiger partial charge < -0.3 is 4.74 Å². The van der Waals surface area contributed by atoms with Gasteiger partial charge in [0, 0.05) is 12.8 Å². The van der Waals surface area contributed by atoms with E-state index in [1.807, 2.05) is 0 Å². The molecule has 0 rings (SSSR count). The summed E-state index contributed by atoms with van der Waals surface area (Å²) in [5.74, 6) is 0.902. The molecule has 0 aromatic heterocycles. The quantitative estimate of drug-likeness (QED) is 0.540. The Hall–Kier alpha value is -0.0500. The minimum Gasteiger partial charge on any atom is -0.451 e. The van der Waals surface area contributed by atoms with Gasteiger partial charge in [0.05, 0.1) is 0 Å². The van der Waals surface area contributed by atoms with Crippen LogP contribution in [0.3, 0.4) is 0 Å². The van der Waals surface area contributed by atoms with Crippen LogP contribution in [0, 0.1) is 11.8 Å². The zero-order chi connectivity index (χ0) is 11.1. The summed E-state index contributed by atoms with van der Waals surface area (Å²) in [5.41, 5.74) is 0. The van der Waals surface area contributed by atoms with Gasteiger partial charge in [0.1, 0.15) is 0 Å². The predicted molar refractivity (Wildman–Crippen MR) is 62.3 cm³/mol. The zero-order valence-corrected chi connectivity index (χ0v) is 11.1. The van der Waals surface area contributed by atoms with Gasteiger partial charge in [0.15, 0.2) is 5.01 Å². The molecule has 84 valence electrons. The molecule has 0 spiro atoms. The number of carbonyl (C=O) groups excluding carboxylic acids is 1. The van der Waals surface area contributed by atoms with E-state index in [1.165, 1.54) is 13.3 Å². The second-order valence-corrected chi connectivity index (χ2v) is 4.78. The Bertz CT molecular complexity index is 171. The molecule has 0 amide bonds. The summed E-state index contributed by atoms with van der Waals surface area (Å²) < 4.78 is 5.13. The van der Waals surface area contributed by atoms with Crippen LogP contribution in [-0.2, 0) is 9.53 Å². The van der Waals surface area contributed by atoms with Gasteiger partial charge in [-0.2, -0.15) is 0 Å². The first-order valence-corrected chi connectivity index (χ1v) is 6.24. The lowest BCUT2D eigenvalue weighted by molar-refractivity contribution is -0.144. The Balaban J connectivity index is 4.04. The van der Waals surface area contributed by atoms with E-state index in [9.17, 15) is 4.79 Å². The van der Waals surface area contributed by atoms with Crippen LogP contribution in [-0.4, -0.2) is 11.0 Å². The molecule has 0 N–H and O–H groups in total. The van der Waals surface area contributed by atoms with Gasteiger partial charge in [-0.1, -0.05) is 27.2 Å². The first kappa shape index (κ1) is 13.9. The van der Waals surface area contributed by atoms with Crippen molar-refractivity contribution in [3.05, 3.63) is 0 Å². The number of rotatable bonds is 6. The second kappa shape index (κ2) is 7.27. The van der Waals surface area contributed by atoms with E-state index in [1.54, 1.807) is 0 Å². The lowest BCUT2D eigenvalue weighted by Gasteiger charge is -2.23. The highest BCUT2D eigenvalue weighted by atomic mass is 79.9. The summed E-state index contributed by atoms with van der Waals surface area (Å²) >= 11 is 3.42. The standard InChI is InChI=1S/C11H21BrO2/c1-5-8(3)7-10(6-2)11(12)14-9(4)13/h8,10-11H,5-7H2,1-4H3. The number of halogens is 1. The zero-order valence-electron chi connectivity index (χ0n) is 9.55. The van der Waals surface area contributed by atoms with Crippen molar-refractivity contribution in [1.29, 1.82) is 0 Å². The van der Waals surface area contributed by atoms with Crippen molar-refractivity contribution in [1.82, 2.24) is 0 Å². The number of alkyl halides is 1. The molecule has 0 aliphatic carbocycles. The third-order valence-corrected chi connectivity index (χ3v) is 3.51. The summed E-state index contributed by atoms with van der Waals surface area (Å²) in [6, 6.07) is 0. The van der Waals surface area contributed by atoms with Gasteiger partial charge in [-0.05, 0) is 34.7 Å². The van der Waals surface area contributed by atoms with E-state index in [2.05, 4.69) is 36.7 Å². The lowest BCUT2D eigenvalue weighted by atomic mass is 9.93.